The van der Waals surface area contributed by atoms with Crippen molar-refractivity contribution in [2.75, 3.05) is 13.1 Å². The predicted octanol–water partition coefficient (Wildman–Crippen LogP) is 3.68. The smallest absolute Gasteiger partial charge is 0.255 e. The van der Waals surface area contributed by atoms with E-state index < -0.39 is 5.92 Å². The molecular formula is C18H17F3N2O. The number of alkyl halides is 2. The van der Waals surface area contributed by atoms with Gasteiger partial charge in [-0.25, -0.2) is 13.2 Å². The van der Waals surface area contributed by atoms with Gasteiger partial charge in [0.05, 0.1) is 5.56 Å². The normalized spacial score (nSPS) is 16.9. The van der Waals surface area contributed by atoms with Crippen LogP contribution in [-0.4, -0.2) is 34.8 Å². The van der Waals surface area contributed by atoms with Crippen LogP contribution in [0.5, 0.6) is 0 Å². The molecule has 24 heavy (non-hydrogen) atoms. The van der Waals surface area contributed by atoms with E-state index in [2.05, 4.69) is 4.98 Å². The lowest BCUT2D eigenvalue weighted by atomic mass is 10.0. The van der Waals surface area contributed by atoms with Gasteiger partial charge in [0.15, 0.2) is 0 Å². The second-order valence-electron chi connectivity index (χ2n) is 6.00. The fourth-order valence-corrected chi connectivity index (χ4v) is 2.78. The second kappa shape index (κ2) is 6.63. The molecule has 3 nitrogen and oxygen atoms in total. The van der Waals surface area contributed by atoms with Crippen molar-refractivity contribution >= 4 is 5.91 Å². The zero-order valence-electron chi connectivity index (χ0n) is 13.0. The Bertz CT molecular complexity index is 739. The average molecular weight is 334 g/mol. The quantitative estimate of drug-likeness (QED) is 0.858. The average Bonchev–Trinajstić information content (AvgIpc) is 2.57. The number of carbonyl (C=O) groups excluding carboxylic acids is 1. The summed E-state index contributed by atoms with van der Waals surface area (Å²) in [5.41, 5.74) is 1.56. The van der Waals surface area contributed by atoms with Crippen molar-refractivity contribution in [3.63, 3.8) is 0 Å². The molecule has 0 atom stereocenters. The topological polar surface area (TPSA) is 33.2 Å². The molecule has 0 unspecified atom stereocenters. The van der Waals surface area contributed by atoms with Crippen molar-refractivity contribution < 1.29 is 18.0 Å². The number of rotatable bonds is 3. The van der Waals surface area contributed by atoms with E-state index in [0.717, 1.165) is 0 Å². The Morgan fingerprint density at radius 2 is 1.88 bits per heavy atom. The van der Waals surface area contributed by atoms with Gasteiger partial charge < -0.3 is 4.90 Å². The van der Waals surface area contributed by atoms with Crippen LogP contribution < -0.4 is 0 Å². The van der Waals surface area contributed by atoms with Gasteiger partial charge in [0, 0.05) is 44.7 Å². The first-order valence-electron chi connectivity index (χ1n) is 7.79. The van der Waals surface area contributed by atoms with Crippen LogP contribution in [0.1, 0.15) is 34.3 Å². The van der Waals surface area contributed by atoms with Gasteiger partial charge in [0.25, 0.3) is 11.8 Å². The summed E-state index contributed by atoms with van der Waals surface area (Å²) in [5.74, 6) is -3.32. The molecule has 0 aliphatic carbocycles. The van der Waals surface area contributed by atoms with Crippen LogP contribution in [0.3, 0.4) is 0 Å². The highest BCUT2D eigenvalue weighted by Gasteiger charge is 2.35. The molecule has 1 amide bonds. The molecule has 6 heteroatoms. The van der Waals surface area contributed by atoms with Crippen LogP contribution in [0, 0.1) is 5.82 Å². The van der Waals surface area contributed by atoms with Gasteiger partial charge in [-0.3, -0.25) is 9.78 Å². The monoisotopic (exact) mass is 334 g/mol. The van der Waals surface area contributed by atoms with Crippen LogP contribution in [0.4, 0.5) is 13.2 Å². The third-order valence-electron chi connectivity index (χ3n) is 4.18. The maximum Gasteiger partial charge on any atom is 0.255 e. The second-order valence-corrected chi connectivity index (χ2v) is 6.00. The summed E-state index contributed by atoms with van der Waals surface area (Å²) >= 11 is 0. The number of aromatic nitrogens is 1. The van der Waals surface area contributed by atoms with E-state index in [1.54, 1.807) is 30.5 Å². The van der Waals surface area contributed by atoms with E-state index in [9.17, 15) is 18.0 Å². The molecule has 0 radical (unpaired) electrons. The summed E-state index contributed by atoms with van der Waals surface area (Å²) in [5, 5.41) is 0. The van der Waals surface area contributed by atoms with Crippen LogP contribution in [-0.2, 0) is 6.42 Å². The summed E-state index contributed by atoms with van der Waals surface area (Å²) < 4.78 is 40.1. The molecule has 0 spiro atoms. The first-order chi connectivity index (χ1) is 11.4. The molecule has 1 aromatic carbocycles. The van der Waals surface area contributed by atoms with Crippen LogP contribution in [0.15, 0.2) is 42.7 Å². The van der Waals surface area contributed by atoms with E-state index in [-0.39, 0.29) is 37.7 Å². The highest BCUT2D eigenvalue weighted by atomic mass is 19.3. The molecule has 1 aromatic heterocycles. The number of pyridine rings is 1. The fourth-order valence-electron chi connectivity index (χ4n) is 2.78. The number of nitrogens with zero attached hydrogens (tertiary/aromatic N) is 2. The first-order valence-corrected chi connectivity index (χ1v) is 7.79. The number of likely N-dealkylation sites (tertiary alicyclic amines) is 1. The SMILES string of the molecule is O=C(c1cncc(Cc2ccccc2F)c1)N1CCC(F)(F)CC1. The Balaban J connectivity index is 1.73. The van der Waals surface area contributed by atoms with Crippen molar-refractivity contribution in [3.8, 4) is 0 Å². The molecule has 0 N–H and O–H groups in total. The fraction of sp³-hybridized carbons (Fsp3) is 0.333. The molecule has 0 saturated carbocycles. The van der Waals surface area contributed by atoms with Gasteiger partial charge in [0.2, 0.25) is 0 Å². The predicted molar refractivity (Wildman–Crippen MR) is 83.5 cm³/mol. The maximum atomic E-state index is 13.7. The Hall–Kier alpha value is -2.37. The number of halogens is 3. The molecule has 1 fully saturated rings. The van der Waals surface area contributed by atoms with Crippen LogP contribution in [0.2, 0.25) is 0 Å². The summed E-state index contributed by atoms with van der Waals surface area (Å²) in [7, 11) is 0. The number of carbonyl (C=O) groups is 1. The zero-order chi connectivity index (χ0) is 17.2. The van der Waals surface area contributed by atoms with E-state index in [4.69, 9.17) is 0 Å². The number of amides is 1. The lowest BCUT2D eigenvalue weighted by molar-refractivity contribution is -0.0494. The molecule has 1 saturated heterocycles. The molecule has 1 aliphatic rings. The van der Waals surface area contributed by atoms with Crippen LogP contribution in [0.25, 0.3) is 0 Å². The lowest BCUT2D eigenvalue weighted by Gasteiger charge is -2.31. The van der Waals surface area contributed by atoms with Crippen molar-refractivity contribution in [2.24, 2.45) is 0 Å². The molecule has 0 bridgehead atoms. The number of piperidine rings is 1. The number of benzene rings is 1. The van der Waals surface area contributed by atoms with E-state index in [1.807, 2.05) is 0 Å². The summed E-state index contributed by atoms with van der Waals surface area (Å²) in [6, 6.07) is 8.06. The van der Waals surface area contributed by atoms with Crippen molar-refractivity contribution in [3.05, 3.63) is 65.2 Å². The van der Waals surface area contributed by atoms with Gasteiger partial charge >= 0.3 is 0 Å². The van der Waals surface area contributed by atoms with Crippen molar-refractivity contribution in [1.29, 1.82) is 0 Å². The largest absolute Gasteiger partial charge is 0.338 e. The summed E-state index contributed by atoms with van der Waals surface area (Å²) in [6.07, 6.45) is 2.68. The molecular weight excluding hydrogens is 317 g/mol. The summed E-state index contributed by atoms with van der Waals surface area (Å²) in [4.78, 5) is 17.9. The highest BCUT2D eigenvalue weighted by Crippen LogP contribution is 2.28. The minimum atomic E-state index is -2.69. The zero-order valence-corrected chi connectivity index (χ0v) is 13.0. The standard InChI is InChI=1S/C18H17F3N2O/c19-16-4-2-1-3-14(16)9-13-10-15(12-22-11-13)17(24)23-7-5-18(20,21)6-8-23/h1-4,10-12H,5-9H2. The number of hydrogen-bond donors (Lipinski definition) is 0. The van der Waals surface area contributed by atoms with E-state index >= 15 is 0 Å². The van der Waals surface area contributed by atoms with E-state index in [1.165, 1.54) is 17.2 Å². The minimum absolute atomic E-state index is 0.0311. The molecule has 2 aromatic rings. The Kier molecular flexibility index (Phi) is 4.55. The van der Waals surface area contributed by atoms with Gasteiger partial charge in [-0.05, 0) is 23.3 Å². The van der Waals surface area contributed by atoms with Gasteiger partial charge in [-0.15, -0.1) is 0 Å². The first kappa shape index (κ1) is 16.5. The minimum Gasteiger partial charge on any atom is -0.338 e. The maximum absolute atomic E-state index is 13.7. The van der Waals surface area contributed by atoms with Crippen LogP contribution >= 0.6 is 0 Å². The van der Waals surface area contributed by atoms with Gasteiger partial charge in [-0.1, -0.05) is 18.2 Å². The Morgan fingerprint density at radius 1 is 1.17 bits per heavy atom. The molecule has 1 aliphatic heterocycles. The molecule has 2 heterocycles. The van der Waals surface area contributed by atoms with Crippen molar-refractivity contribution in [1.82, 2.24) is 9.88 Å². The third-order valence-corrected chi connectivity index (χ3v) is 4.18. The molecule has 126 valence electrons. The van der Waals surface area contributed by atoms with Gasteiger partial charge in [0.1, 0.15) is 5.82 Å². The highest BCUT2D eigenvalue weighted by molar-refractivity contribution is 5.94. The Labute approximate surface area is 138 Å². The molecule has 3 rings (SSSR count). The van der Waals surface area contributed by atoms with Crippen molar-refractivity contribution in [2.45, 2.75) is 25.2 Å². The van der Waals surface area contributed by atoms with Gasteiger partial charge in [-0.2, -0.15) is 0 Å². The van der Waals surface area contributed by atoms with E-state index in [0.29, 0.717) is 23.1 Å². The number of hydrogen-bond acceptors (Lipinski definition) is 2. The summed E-state index contributed by atoms with van der Waals surface area (Å²) in [6.45, 7) is 0.0623. The lowest BCUT2D eigenvalue weighted by Crippen LogP contribution is -2.42. The Morgan fingerprint density at radius 3 is 2.58 bits per heavy atom. The third kappa shape index (κ3) is 3.75.